The lowest BCUT2D eigenvalue weighted by molar-refractivity contribution is 0.0933. The molecule has 6 heteroatoms. The van der Waals surface area contributed by atoms with Gasteiger partial charge < -0.3 is 22.1 Å². The van der Waals surface area contributed by atoms with Gasteiger partial charge in [0.15, 0.2) is 0 Å². The lowest BCUT2D eigenvalue weighted by atomic mass is 9.86. The smallest absolute Gasteiger partial charge is 0.251 e. The zero-order valence-corrected chi connectivity index (χ0v) is 18.5. The zero-order chi connectivity index (χ0) is 21.7. The first-order valence-electron chi connectivity index (χ1n) is 9.96. The van der Waals surface area contributed by atoms with E-state index < -0.39 is 5.54 Å². The van der Waals surface area contributed by atoms with E-state index in [9.17, 15) is 9.59 Å². The maximum absolute atomic E-state index is 12.7. The molecule has 0 radical (unpaired) electrons. The maximum Gasteiger partial charge on any atom is 0.251 e. The van der Waals surface area contributed by atoms with Crippen LogP contribution in [0.3, 0.4) is 0 Å². The molecule has 1 unspecified atom stereocenters. The fraction of sp³-hybridized carbons (Fsp3) is 0.636. The molecule has 6 N–H and O–H groups in total. The lowest BCUT2D eigenvalue weighted by Gasteiger charge is -2.27. The van der Waals surface area contributed by atoms with E-state index in [1.165, 1.54) is 0 Å². The molecule has 28 heavy (non-hydrogen) atoms. The van der Waals surface area contributed by atoms with E-state index in [1.54, 1.807) is 6.07 Å². The number of carbonyl (C=O) groups is 2. The third-order valence-corrected chi connectivity index (χ3v) is 4.45. The van der Waals surface area contributed by atoms with Crippen LogP contribution in [0.2, 0.25) is 0 Å². The first-order valence-corrected chi connectivity index (χ1v) is 9.96. The van der Waals surface area contributed by atoms with Gasteiger partial charge in [-0.25, -0.2) is 0 Å². The average Bonchev–Trinajstić information content (AvgIpc) is 2.55. The van der Waals surface area contributed by atoms with Crippen LogP contribution in [0.4, 0.5) is 0 Å². The Morgan fingerprint density at radius 3 is 1.79 bits per heavy atom. The van der Waals surface area contributed by atoms with Gasteiger partial charge in [-0.2, -0.15) is 0 Å². The summed E-state index contributed by atoms with van der Waals surface area (Å²) in [5.41, 5.74) is 13.1. The van der Waals surface area contributed by atoms with Crippen molar-refractivity contribution >= 4 is 11.8 Å². The molecule has 1 aromatic rings. The number of nitrogens with two attached hydrogens (primary N) is 2. The van der Waals surface area contributed by atoms with E-state index >= 15 is 0 Å². The number of rotatable bonds is 9. The molecule has 1 aromatic carbocycles. The maximum atomic E-state index is 12.7. The monoisotopic (exact) mass is 390 g/mol. The Labute approximate surface area is 169 Å². The normalized spacial score (nSPS) is 13.4. The molecule has 0 bridgehead atoms. The largest absolute Gasteiger partial charge is 0.352 e. The fourth-order valence-corrected chi connectivity index (χ4v) is 3.02. The van der Waals surface area contributed by atoms with Gasteiger partial charge in [0.05, 0.1) is 0 Å². The van der Waals surface area contributed by atoms with Crippen LogP contribution in [0, 0.1) is 5.41 Å². The highest BCUT2D eigenvalue weighted by atomic mass is 16.2. The van der Waals surface area contributed by atoms with Gasteiger partial charge in [-0.05, 0) is 62.3 Å². The molecular weight excluding hydrogens is 352 g/mol. The second-order valence-corrected chi connectivity index (χ2v) is 9.70. The number of nitrogens with one attached hydrogen (secondary N) is 2. The summed E-state index contributed by atoms with van der Waals surface area (Å²) in [6.45, 7) is 14.8. The van der Waals surface area contributed by atoms with Crippen LogP contribution in [0.1, 0.15) is 87.1 Å². The summed E-state index contributed by atoms with van der Waals surface area (Å²) in [6.07, 6.45) is 0.807. The van der Waals surface area contributed by atoms with Gasteiger partial charge in [-0.1, -0.05) is 27.7 Å². The second-order valence-electron chi connectivity index (χ2n) is 9.70. The minimum absolute atomic E-state index is 0.0678. The number of carbonyl (C=O) groups excluding carboxylic acids is 2. The molecule has 0 heterocycles. The van der Waals surface area contributed by atoms with Gasteiger partial charge in [0, 0.05) is 35.8 Å². The SMILES string of the molecule is CC(N)CC(C)(C)CNC(=O)c1cc(C(=O)NCC(C)(C)N)cc(C(C)C)c1. The summed E-state index contributed by atoms with van der Waals surface area (Å²) < 4.78 is 0. The summed E-state index contributed by atoms with van der Waals surface area (Å²) in [6, 6.07) is 5.39. The molecule has 0 saturated carbocycles. The summed E-state index contributed by atoms with van der Waals surface area (Å²) >= 11 is 0. The highest BCUT2D eigenvalue weighted by Gasteiger charge is 2.22. The van der Waals surface area contributed by atoms with Crippen molar-refractivity contribution in [1.82, 2.24) is 10.6 Å². The van der Waals surface area contributed by atoms with E-state index in [0.717, 1.165) is 12.0 Å². The highest BCUT2D eigenvalue weighted by molar-refractivity contribution is 6.00. The molecular formula is C22H38N4O2. The highest BCUT2D eigenvalue weighted by Crippen LogP contribution is 2.22. The molecule has 0 fully saturated rings. The first-order chi connectivity index (χ1) is 12.7. The summed E-state index contributed by atoms with van der Waals surface area (Å²) in [5.74, 6) is -0.222. The van der Waals surface area contributed by atoms with Crippen molar-refractivity contribution in [2.75, 3.05) is 13.1 Å². The summed E-state index contributed by atoms with van der Waals surface area (Å²) in [4.78, 5) is 25.3. The zero-order valence-electron chi connectivity index (χ0n) is 18.5. The molecule has 1 rings (SSSR count). The summed E-state index contributed by atoms with van der Waals surface area (Å²) in [5, 5.41) is 5.83. The number of benzene rings is 1. The summed E-state index contributed by atoms with van der Waals surface area (Å²) in [7, 11) is 0. The van der Waals surface area contributed by atoms with Crippen LogP contribution in [-0.4, -0.2) is 36.5 Å². The van der Waals surface area contributed by atoms with E-state index in [0.29, 0.717) is 24.2 Å². The third kappa shape index (κ3) is 8.40. The Balaban J connectivity index is 3.00. The van der Waals surface area contributed by atoms with Crippen LogP contribution in [0.5, 0.6) is 0 Å². The topological polar surface area (TPSA) is 110 Å². The molecule has 0 spiro atoms. The molecule has 0 aromatic heterocycles. The Kier molecular flexibility index (Phi) is 8.20. The predicted molar refractivity (Wildman–Crippen MR) is 116 cm³/mol. The van der Waals surface area contributed by atoms with Crippen LogP contribution in [0.25, 0.3) is 0 Å². The van der Waals surface area contributed by atoms with Crippen molar-refractivity contribution in [3.05, 3.63) is 34.9 Å². The number of hydrogen-bond acceptors (Lipinski definition) is 4. The van der Waals surface area contributed by atoms with Crippen molar-refractivity contribution in [1.29, 1.82) is 0 Å². The van der Waals surface area contributed by atoms with E-state index in [2.05, 4.69) is 24.5 Å². The predicted octanol–water partition coefficient (Wildman–Crippen LogP) is 2.77. The van der Waals surface area contributed by atoms with Gasteiger partial charge in [-0.3, -0.25) is 9.59 Å². The van der Waals surface area contributed by atoms with Crippen LogP contribution in [0.15, 0.2) is 18.2 Å². The van der Waals surface area contributed by atoms with Crippen molar-refractivity contribution in [3.63, 3.8) is 0 Å². The Bertz CT molecular complexity index is 688. The average molecular weight is 391 g/mol. The van der Waals surface area contributed by atoms with E-state index in [-0.39, 0.29) is 29.2 Å². The minimum atomic E-state index is -0.503. The van der Waals surface area contributed by atoms with E-state index in [4.69, 9.17) is 11.5 Å². The Morgan fingerprint density at radius 1 is 0.929 bits per heavy atom. The molecule has 158 valence electrons. The first kappa shape index (κ1) is 24.1. The lowest BCUT2D eigenvalue weighted by Crippen LogP contribution is -2.45. The van der Waals surface area contributed by atoms with Gasteiger partial charge in [0.2, 0.25) is 0 Å². The Morgan fingerprint density at radius 2 is 1.39 bits per heavy atom. The molecule has 6 nitrogen and oxygen atoms in total. The van der Waals surface area contributed by atoms with Crippen molar-refractivity contribution in [3.8, 4) is 0 Å². The van der Waals surface area contributed by atoms with E-state index in [1.807, 2.05) is 46.8 Å². The van der Waals surface area contributed by atoms with Gasteiger partial charge in [0.1, 0.15) is 0 Å². The fourth-order valence-electron chi connectivity index (χ4n) is 3.02. The van der Waals surface area contributed by atoms with Crippen LogP contribution < -0.4 is 22.1 Å². The molecule has 0 saturated heterocycles. The van der Waals surface area contributed by atoms with Gasteiger partial charge in [-0.15, -0.1) is 0 Å². The van der Waals surface area contributed by atoms with Crippen LogP contribution >= 0.6 is 0 Å². The van der Waals surface area contributed by atoms with Gasteiger partial charge in [0.25, 0.3) is 11.8 Å². The quantitative estimate of drug-likeness (QED) is 0.519. The number of amides is 2. The van der Waals surface area contributed by atoms with Crippen molar-refractivity contribution in [2.45, 2.75) is 72.4 Å². The standard InChI is InChI=1S/C22H38N4O2/c1-14(2)16-8-17(19(27)25-12-21(4,5)11-15(3)23)10-18(9-16)20(28)26-13-22(6,7)24/h8-10,14-15H,11-13,23-24H2,1-7H3,(H,25,27)(H,26,28). The van der Waals surface area contributed by atoms with Crippen molar-refractivity contribution < 1.29 is 9.59 Å². The molecule has 0 aliphatic heterocycles. The minimum Gasteiger partial charge on any atom is -0.352 e. The van der Waals surface area contributed by atoms with Crippen molar-refractivity contribution in [2.24, 2.45) is 16.9 Å². The molecule has 2 amide bonds. The van der Waals surface area contributed by atoms with Gasteiger partial charge >= 0.3 is 0 Å². The molecule has 0 aliphatic carbocycles. The molecule has 0 aliphatic rings. The number of hydrogen-bond donors (Lipinski definition) is 4. The van der Waals surface area contributed by atoms with Crippen LogP contribution in [-0.2, 0) is 0 Å². The Hall–Kier alpha value is -1.92. The second kappa shape index (κ2) is 9.52. The third-order valence-electron chi connectivity index (χ3n) is 4.45. The molecule has 1 atom stereocenters.